The van der Waals surface area contributed by atoms with E-state index in [1.165, 1.54) is 64.2 Å². The van der Waals surface area contributed by atoms with E-state index in [0.717, 1.165) is 64.2 Å². The van der Waals surface area contributed by atoms with Crippen molar-refractivity contribution in [1.82, 2.24) is 5.32 Å². The number of carbonyl (C=O) groups is 3. The van der Waals surface area contributed by atoms with Crippen LogP contribution in [0.5, 0.6) is 0 Å². The topological polar surface area (TPSA) is 92.7 Å². The van der Waals surface area contributed by atoms with Crippen LogP contribution in [0.15, 0.2) is 24.3 Å². The largest absolute Gasteiger partial charge is 0.480 e. The highest BCUT2D eigenvalue weighted by molar-refractivity contribution is 5.80. The van der Waals surface area contributed by atoms with Gasteiger partial charge in [-0.3, -0.25) is 14.4 Å². The van der Waals surface area contributed by atoms with E-state index in [4.69, 9.17) is 9.84 Å². The maximum atomic E-state index is 12.4. The second kappa shape index (κ2) is 28.9. The van der Waals surface area contributed by atoms with E-state index in [1.54, 1.807) is 0 Å². The predicted octanol–water partition coefficient (Wildman–Crippen LogP) is 8.83. The third-order valence-corrected chi connectivity index (χ3v) is 6.83. The van der Waals surface area contributed by atoms with Gasteiger partial charge in [-0.2, -0.15) is 0 Å². The number of rotatable bonds is 28. The number of carbonyl (C=O) groups excluding carboxylic acids is 2. The Morgan fingerprint density at radius 2 is 1.21 bits per heavy atom. The van der Waals surface area contributed by atoms with Gasteiger partial charge in [-0.05, 0) is 63.9 Å². The van der Waals surface area contributed by atoms with Gasteiger partial charge in [0.05, 0.1) is 0 Å². The van der Waals surface area contributed by atoms with E-state index >= 15 is 0 Å². The van der Waals surface area contributed by atoms with Crippen LogP contribution in [-0.4, -0.2) is 35.6 Å². The summed E-state index contributed by atoms with van der Waals surface area (Å²) in [4.78, 5) is 34.5. The number of carboxylic acids is 1. The van der Waals surface area contributed by atoms with Crippen LogP contribution >= 0.6 is 0 Å². The molecule has 2 N–H and O–H groups in total. The van der Waals surface area contributed by atoms with Crippen molar-refractivity contribution in [3.63, 3.8) is 0 Å². The van der Waals surface area contributed by atoms with Gasteiger partial charge in [-0.1, -0.05) is 103 Å². The molecule has 6 nitrogen and oxygen atoms in total. The summed E-state index contributed by atoms with van der Waals surface area (Å²) in [6, 6.07) is 0. The fourth-order valence-corrected chi connectivity index (χ4v) is 4.40. The Morgan fingerprint density at radius 1 is 0.667 bits per heavy atom. The zero-order valence-electron chi connectivity index (χ0n) is 25.2. The van der Waals surface area contributed by atoms with E-state index in [2.05, 4.69) is 37.4 Å². The highest BCUT2D eigenvalue weighted by Crippen LogP contribution is 2.14. The summed E-state index contributed by atoms with van der Waals surface area (Å²) < 4.78 is 5.79. The molecule has 0 rings (SSSR count). The monoisotopic (exact) mass is 549 g/mol. The van der Waals surface area contributed by atoms with Crippen LogP contribution in [0, 0.1) is 0 Å². The Balaban J connectivity index is 3.98. The fraction of sp³-hybridized carbons (Fsp3) is 0.788. The van der Waals surface area contributed by atoms with Crippen LogP contribution in [0.1, 0.15) is 155 Å². The van der Waals surface area contributed by atoms with Crippen molar-refractivity contribution in [3.8, 4) is 0 Å². The fourth-order valence-electron chi connectivity index (χ4n) is 4.40. The van der Waals surface area contributed by atoms with Gasteiger partial charge in [0.25, 0.3) is 0 Å². The molecule has 1 unspecified atom stereocenters. The lowest BCUT2D eigenvalue weighted by molar-refractivity contribution is -0.147. The Bertz CT molecular complexity index is 658. The molecule has 0 saturated carbocycles. The molecule has 0 aliphatic rings. The highest BCUT2D eigenvalue weighted by Gasteiger charge is 2.11. The van der Waals surface area contributed by atoms with Crippen molar-refractivity contribution in [3.05, 3.63) is 24.3 Å². The van der Waals surface area contributed by atoms with Crippen LogP contribution in [0.2, 0.25) is 0 Å². The van der Waals surface area contributed by atoms with Crippen LogP contribution < -0.4 is 5.32 Å². The van der Waals surface area contributed by atoms with Crippen molar-refractivity contribution in [2.75, 3.05) is 6.54 Å². The van der Waals surface area contributed by atoms with Crippen LogP contribution in [0.25, 0.3) is 0 Å². The Labute approximate surface area is 239 Å². The van der Waals surface area contributed by atoms with E-state index in [-0.39, 0.29) is 24.5 Å². The second-order valence-electron chi connectivity index (χ2n) is 10.7. The molecule has 0 aromatic rings. The molecule has 0 radical (unpaired) electrons. The number of ether oxygens (including phenoxy) is 1. The lowest BCUT2D eigenvalue weighted by atomic mass is 10.1. The maximum Gasteiger partial charge on any atom is 0.322 e. The minimum absolute atomic E-state index is 0.0999. The minimum Gasteiger partial charge on any atom is -0.480 e. The summed E-state index contributed by atoms with van der Waals surface area (Å²) in [5.41, 5.74) is 0. The number of aliphatic carboxylic acids is 1. The van der Waals surface area contributed by atoms with E-state index in [0.29, 0.717) is 12.8 Å². The molecule has 6 heteroatoms. The summed E-state index contributed by atoms with van der Waals surface area (Å²) in [5, 5.41) is 11.0. The SMILES string of the molecule is CCCC/C=C\C(CCCCCCC(=O)NCC(=O)O)OC(=O)CCCCCCC/C=C\CCCCCCC. The molecule has 0 aliphatic heterocycles. The molecule has 0 bridgehead atoms. The third kappa shape index (κ3) is 28.7. The Hall–Kier alpha value is -2.11. The first kappa shape index (κ1) is 36.9. The molecule has 39 heavy (non-hydrogen) atoms. The number of allylic oxidation sites excluding steroid dienone is 3. The number of unbranched alkanes of at least 4 members (excludes halogenated alkanes) is 15. The molecule has 0 aliphatic carbocycles. The van der Waals surface area contributed by atoms with Crippen LogP contribution in [0.4, 0.5) is 0 Å². The molecular formula is C33H59NO5. The lowest BCUT2D eigenvalue weighted by Crippen LogP contribution is -2.28. The first-order chi connectivity index (χ1) is 19.0. The number of hydrogen-bond acceptors (Lipinski definition) is 4. The first-order valence-electron chi connectivity index (χ1n) is 16.0. The van der Waals surface area contributed by atoms with Crippen molar-refractivity contribution in [2.45, 2.75) is 161 Å². The molecule has 0 fully saturated rings. The molecule has 226 valence electrons. The van der Waals surface area contributed by atoms with Crippen molar-refractivity contribution in [2.24, 2.45) is 0 Å². The van der Waals surface area contributed by atoms with Crippen LogP contribution in [-0.2, 0) is 19.1 Å². The smallest absolute Gasteiger partial charge is 0.322 e. The predicted molar refractivity (Wildman–Crippen MR) is 162 cm³/mol. The molecular weight excluding hydrogens is 490 g/mol. The van der Waals surface area contributed by atoms with E-state index in [1.807, 2.05) is 6.08 Å². The summed E-state index contributed by atoms with van der Waals surface area (Å²) in [5.74, 6) is -1.35. The maximum absolute atomic E-state index is 12.4. The number of nitrogens with one attached hydrogen (secondary N) is 1. The summed E-state index contributed by atoms with van der Waals surface area (Å²) in [6.45, 7) is 4.09. The van der Waals surface area contributed by atoms with E-state index < -0.39 is 5.97 Å². The summed E-state index contributed by atoms with van der Waals surface area (Å²) >= 11 is 0. The zero-order chi connectivity index (χ0) is 28.8. The van der Waals surface area contributed by atoms with Crippen molar-refractivity contribution >= 4 is 17.8 Å². The quantitative estimate of drug-likeness (QED) is 0.0578. The first-order valence-corrected chi connectivity index (χ1v) is 16.0. The van der Waals surface area contributed by atoms with Crippen molar-refractivity contribution in [1.29, 1.82) is 0 Å². The van der Waals surface area contributed by atoms with Gasteiger partial charge in [0, 0.05) is 12.8 Å². The molecule has 1 atom stereocenters. The Morgan fingerprint density at radius 3 is 1.85 bits per heavy atom. The van der Waals surface area contributed by atoms with Crippen LogP contribution in [0.3, 0.4) is 0 Å². The number of carboxylic acid groups (broad SMARTS) is 1. The Kier molecular flexibility index (Phi) is 27.3. The molecule has 0 aromatic heterocycles. The molecule has 0 heterocycles. The minimum atomic E-state index is -1.03. The molecule has 0 spiro atoms. The number of amides is 1. The van der Waals surface area contributed by atoms with Gasteiger partial charge < -0.3 is 15.2 Å². The highest BCUT2D eigenvalue weighted by atomic mass is 16.5. The number of hydrogen-bond donors (Lipinski definition) is 2. The van der Waals surface area contributed by atoms with Gasteiger partial charge in [-0.15, -0.1) is 0 Å². The zero-order valence-corrected chi connectivity index (χ0v) is 25.2. The standard InChI is InChI=1S/C33H59NO5/c1-3-5-7-9-10-11-12-13-14-15-16-17-18-24-28-33(38)39-30(25-21-8-6-4-2)26-22-19-20-23-27-31(35)34-29-32(36)37/h12-13,21,25,30H,3-11,14-20,22-24,26-29H2,1-2H3,(H,34,35)(H,36,37)/b13-12-,25-21-. The summed E-state index contributed by atoms with van der Waals surface area (Å²) in [7, 11) is 0. The van der Waals surface area contributed by atoms with Gasteiger partial charge in [-0.25, -0.2) is 0 Å². The molecule has 0 saturated heterocycles. The van der Waals surface area contributed by atoms with Gasteiger partial charge in [0.2, 0.25) is 5.91 Å². The third-order valence-electron chi connectivity index (χ3n) is 6.83. The number of esters is 1. The average Bonchev–Trinajstić information content (AvgIpc) is 2.91. The molecule has 1 amide bonds. The van der Waals surface area contributed by atoms with Gasteiger partial charge >= 0.3 is 11.9 Å². The lowest BCUT2D eigenvalue weighted by Gasteiger charge is -2.15. The average molecular weight is 550 g/mol. The van der Waals surface area contributed by atoms with E-state index in [9.17, 15) is 14.4 Å². The normalized spacial score (nSPS) is 12.3. The van der Waals surface area contributed by atoms with Crippen molar-refractivity contribution < 1.29 is 24.2 Å². The molecule has 0 aromatic carbocycles. The van der Waals surface area contributed by atoms with Gasteiger partial charge in [0.15, 0.2) is 0 Å². The van der Waals surface area contributed by atoms with Gasteiger partial charge in [0.1, 0.15) is 12.6 Å². The second-order valence-corrected chi connectivity index (χ2v) is 10.7. The summed E-state index contributed by atoms with van der Waals surface area (Å²) in [6.07, 6.45) is 31.8.